The van der Waals surface area contributed by atoms with Gasteiger partial charge in [0.2, 0.25) is 0 Å². The Balaban J connectivity index is 2.67. The summed E-state index contributed by atoms with van der Waals surface area (Å²) in [6.45, 7) is 6.69. The van der Waals surface area contributed by atoms with Crippen LogP contribution in [0.4, 0.5) is 4.39 Å². The van der Waals surface area contributed by atoms with Crippen molar-refractivity contribution in [3.8, 4) is 0 Å². The molecule has 0 heterocycles. The van der Waals surface area contributed by atoms with Crippen LogP contribution in [-0.4, -0.2) is 23.5 Å². The Bertz CT molecular complexity index is 480. The van der Waals surface area contributed by atoms with E-state index in [1.165, 1.54) is 25.1 Å². The highest BCUT2D eigenvalue weighted by Gasteiger charge is 2.24. The molecule has 0 aromatic heterocycles. The lowest BCUT2D eigenvalue weighted by Gasteiger charge is -2.22. The van der Waals surface area contributed by atoms with E-state index in [1.807, 2.05) is 0 Å². The van der Waals surface area contributed by atoms with Crippen LogP contribution in [-0.2, 0) is 9.53 Å². The van der Waals surface area contributed by atoms with Gasteiger partial charge in [-0.1, -0.05) is 12.1 Å². The van der Waals surface area contributed by atoms with Crippen molar-refractivity contribution in [3.05, 3.63) is 35.6 Å². The van der Waals surface area contributed by atoms with Gasteiger partial charge in [0, 0.05) is 0 Å². The number of nitrogens with one attached hydrogen (secondary N) is 1. The zero-order chi connectivity index (χ0) is 14.6. The minimum Gasteiger partial charge on any atom is -0.458 e. The first-order valence-corrected chi connectivity index (χ1v) is 5.99. The van der Waals surface area contributed by atoms with E-state index >= 15 is 0 Å². The monoisotopic (exact) mass is 267 g/mol. The van der Waals surface area contributed by atoms with Gasteiger partial charge in [-0.3, -0.25) is 4.79 Å². The largest absolute Gasteiger partial charge is 0.458 e. The van der Waals surface area contributed by atoms with Crippen molar-refractivity contribution < 1.29 is 18.7 Å². The molecule has 1 atom stereocenters. The minimum atomic E-state index is -0.841. The highest BCUT2D eigenvalue weighted by Crippen LogP contribution is 2.10. The number of hydrogen-bond acceptors (Lipinski definition) is 3. The summed E-state index contributed by atoms with van der Waals surface area (Å²) in [7, 11) is 0. The molecule has 1 N–H and O–H groups in total. The maximum absolute atomic E-state index is 13.4. The molecular weight excluding hydrogens is 249 g/mol. The fraction of sp³-hybridized carbons (Fsp3) is 0.429. The number of halogens is 1. The second kappa shape index (κ2) is 5.82. The molecule has 1 aromatic carbocycles. The molecule has 0 bridgehead atoms. The van der Waals surface area contributed by atoms with E-state index in [1.54, 1.807) is 26.8 Å². The van der Waals surface area contributed by atoms with Crippen molar-refractivity contribution in [3.63, 3.8) is 0 Å². The molecule has 19 heavy (non-hydrogen) atoms. The van der Waals surface area contributed by atoms with Crippen LogP contribution in [0.15, 0.2) is 24.3 Å². The molecule has 5 heteroatoms. The van der Waals surface area contributed by atoms with Gasteiger partial charge < -0.3 is 10.1 Å². The third-order valence-corrected chi connectivity index (χ3v) is 2.23. The lowest BCUT2D eigenvalue weighted by atomic mass is 10.1. The quantitative estimate of drug-likeness (QED) is 0.855. The van der Waals surface area contributed by atoms with Gasteiger partial charge in [0.1, 0.15) is 17.5 Å². The summed E-state index contributed by atoms with van der Waals surface area (Å²) in [4.78, 5) is 23.5. The molecule has 0 spiro atoms. The number of benzene rings is 1. The molecule has 104 valence electrons. The SMILES string of the molecule is C[C@H](NC(=O)c1ccccc1F)C(=O)OC(C)(C)C. The van der Waals surface area contributed by atoms with Gasteiger partial charge in [0.25, 0.3) is 5.91 Å². The van der Waals surface area contributed by atoms with Gasteiger partial charge in [0.15, 0.2) is 0 Å². The molecular formula is C14H18FNO3. The van der Waals surface area contributed by atoms with E-state index in [0.717, 1.165) is 0 Å². The summed E-state index contributed by atoms with van der Waals surface area (Å²) in [5.74, 6) is -1.83. The second-order valence-corrected chi connectivity index (χ2v) is 5.21. The first-order chi connectivity index (χ1) is 8.70. The molecule has 0 radical (unpaired) electrons. The van der Waals surface area contributed by atoms with E-state index in [9.17, 15) is 14.0 Å². The summed E-state index contributed by atoms with van der Waals surface area (Å²) < 4.78 is 18.5. The van der Waals surface area contributed by atoms with Crippen LogP contribution in [0.2, 0.25) is 0 Å². The van der Waals surface area contributed by atoms with Crippen LogP contribution in [0.3, 0.4) is 0 Å². The molecule has 1 rings (SSSR count). The summed E-state index contributed by atoms with van der Waals surface area (Å²) in [6.07, 6.45) is 0. The average molecular weight is 267 g/mol. The first kappa shape index (κ1) is 15.1. The van der Waals surface area contributed by atoms with E-state index in [4.69, 9.17) is 4.74 Å². The molecule has 0 unspecified atom stereocenters. The van der Waals surface area contributed by atoms with Gasteiger partial charge in [-0.25, -0.2) is 9.18 Å². The fourth-order valence-corrected chi connectivity index (χ4v) is 1.37. The maximum atomic E-state index is 13.4. The number of hydrogen-bond donors (Lipinski definition) is 1. The standard InChI is InChI=1S/C14H18FNO3/c1-9(13(18)19-14(2,3)4)16-12(17)10-7-5-6-8-11(10)15/h5-9H,1-4H3,(H,16,17)/t9-/m0/s1. The maximum Gasteiger partial charge on any atom is 0.328 e. The molecule has 0 fully saturated rings. The molecule has 1 aromatic rings. The summed E-state index contributed by atoms with van der Waals surface area (Å²) in [6, 6.07) is 4.74. The topological polar surface area (TPSA) is 55.4 Å². The van der Waals surface area contributed by atoms with Crippen molar-refractivity contribution in [2.75, 3.05) is 0 Å². The summed E-state index contributed by atoms with van der Waals surface area (Å²) >= 11 is 0. The molecule has 0 saturated carbocycles. The Labute approximate surface area is 112 Å². The second-order valence-electron chi connectivity index (χ2n) is 5.21. The first-order valence-electron chi connectivity index (χ1n) is 5.99. The van der Waals surface area contributed by atoms with Gasteiger partial charge in [0.05, 0.1) is 5.56 Å². The van der Waals surface area contributed by atoms with Gasteiger partial charge in [-0.15, -0.1) is 0 Å². The number of ether oxygens (including phenoxy) is 1. The summed E-state index contributed by atoms with van der Waals surface area (Å²) in [5.41, 5.74) is -0.730. The molecule has 0 aliphatic rings. The number of rotatable bonds is 3. The van der Waals surface area contributed by atoms with Crippen molar-refractivity contribution in [1.29, 1.82) is 0 Å². The van der Waals surface area contributed by atoms with Crippen molar-refractivity contribution in [1.82, 2.24) is 5.32 Å². The molecule has 4 nitrogen and oxygen atoms in total. The zero-order valence-corrected chi connectivity index (χ0v) is 11.5. The normalized spacial score (nSPS) is 12.7. The smallest absolute Gasteiger partial charge is 0.328 e. The zero-order valence-electron chi connectivity index (χ0n) is 11.5. The fourth-order valence-electron chi connectivity index (χ4n) is 1.37. The Morgan fingerprint density at radius 2 is 1.84 bits per heavy atom. The molecule has 0 saturated heterocycles. The highest BCUT2D eigenvalue weighted by atomic mass is 19.1. The van der Waals surface area contributed by atoms with E-state index in [2.05, 4.69) is 5.32 Å². The third kappa shape index (κ3) is 4.69. The van der Waals surface area contributed by atoms with Crippen molar-refractivity contribution >= 4 is 11.9 Å². The average Bonchev–Trinajstić information content (AvgIpc) is 2.27. The van der Waals surface area contributed by atoms with Crippen LogP contribution in [0.5, 0.6) is 0 Å². The highest BCUT2D eigenvalue weighted by molar-refractivity contribution is 5.96. The number of carbonyl (C=O) groups is 2. The van der Waals surface area contributed by atoms with Crippen LogP contribution < -0.4 is 5.32 Å². The Kier molecular flexibility index (Phi) is 4.64. The van der Waals surface area contributed by atoms with Crippen LogP contribution in [0.1, 0.15) is 38.1 Å². The van der Waals surface area contributed by atoms with Crippen LogP contribution in [0.25, 0.3) is 0 Å². The van der Waals surface area contributed by atoms with Gasteiger partial charge >= 0.3 is 5.97 Å². The van der Waals surface area contributed by atoms with Crippen molar-refractivity contribution in [2.24, 2.45) is 0 Å². The molecule has 0 aliphatic heterocycles. The van der Waals surface area contributed by atoms with Crippen molar-refractivity contribution in [2.45, 2.75) is 39.3 Å². The van der Waals surface area contributed by atoms with E-state index < -0.39 is 29.3 Å². The van der Waals surface area contributed by atoms with Crippen LogP contribution in [0, 0.1) is 5.82 Å². The van der Waals surface area contributed by atoms with Crippen LogP contribution >= 0.6 is 0 Å². The Morgan fingerprint density at radius 1 is 1.26 bits per heavy atom. The predicted molar refractivity (Wildman–Crippen MR) is 69.2 cm³/mol. The molecule has 1 amide bonds. The molecule has 0 aliphatic carbocycles. The van der Waals surface area contributed by atoms with E-state index in [0.29, 0.717) is 0 Å². The number of carbonyl (C=O) groups excluding carboxylic acids is 2. The Morgan fingerprint density at radius 3 is 2.37 bits per heavy atom. The van der Waals surface area contributed by atoms with Gasteiger partial charge in [-0.05, 0) is 39.8 Å². The lowest BCUT2D eigenvalue weighted by Crippen LogP contribution is -2.42. The third-order valence-electron chi connectivity index (χ3n) is 2.23. The number of esters is 1. The predicted octanol–water partition coefficient (Wildman–Crippen LogP) is 2.29. The van der Waals surface area contributed by atoms with Gasteiger partial charge in [-0.2, -0.15) is 0 Å². The number of amides is 1. The van der Waals surface area contributed by atoms with E-state index in [-0.39, 0.29) is 5.56 Å². The minimum absolute atomic E-state index is 0.0992. The lowest BCUT2D eigenvalue weighted by molar-refractivity contribution is -0.156. The Hall–Kier alpha value is -1.91. The summed E-state index contributed by atoms with van der Waals surface area (Å²) in [5, 5.41) is 2.41.